The summed E-state index contributed by atoms with van der Waals surface area (Å²) in [5.41, 5.74) is 4.32. The van der Waals surface area contributed by atoms with Crippen LogP contribution in [0.4, 0.5) is 0 Å². The molecule has 0 radical (unpaired) electrons. The first-order chi connectivity index (χ1) is 15.6. The van der Waals surface area contributed by atoms with Crippen LogP contribution in [-0.2, 0) is 22.6 Å². The molecule has 0 spiro atoms. The molecule has 0 unspecified atom stereocenters. The molecular formula is C23H21ClN6O2. The third-order valence-electron chi connectivity index (χ3n) is 5.52. The molecule has 4 heterocycles. The minimum atomic E-state index is -0.149. The van der Waals surface area contributed by atoms with E-state index in [4.69, 9.17) is 26.1 Å². The van der Waals surface area contributed by atoms with Crippen molar-refractivity contribution in [3.8, 4) is 17.1 Å². The number of imidazole rings is 1. The Balaban J connectivity index is 1.66. The maximum Gasteiger partial charge on any atom is 0.238 e. The molecule has 162 valence electrons. The highest BCUT2D eigenvalue weighted by atomic mass is 35.5. The fraction of sp³-hybridized carbons (Fsp3) is 0.217. The summed E-state index contributed by atoms with van der Waals surface area (Å²) < 4.78 is 15.3. The summed E-state index contributed by atoms with van der Waals surface area (Å²) in [7, 11) is 1.63. The van der Waals surface area contributed by atoms with Crippen molar-refractivity contribution in [3.63, 3.8) is 0 Å². The van der Waals surface area contributed by atoms with Gasteiger partial charge in [-0.2, -0.15) is 0 Å². The van der Waals surface area contributed by atoms with Crippen LogP contribution in [0.5, 0.6) is 0 Å². The third-order valence-corrected chi connectivity index (χ3v) is 5.75. The standard InChI is InChI=1S/C23H21ClN6O2/c1-4-6-14(5-2)17-11-32-23(26-17)21-19-10-29-20(12-31-3)27-28-22(29)16-9-15(24)7-8-18(16)30(19)13-25-21/h4-9,13,17H,1-2,10-12H2,3H3/b14-6+/t17-/m0/s1. The molecule has 3 aromatic rings. The van der Waals surface area contributed by atoms with Gasteiger partial charge in [-0.1, -0.05) is 43.0 Å². The van der Waals surface area contributed by atoms with Crippen LogP contribution in [0.1, 0.15) is 17.2 Å². The van der Waals surface area contributed by atoms with Crippen LogP contribution in [0, 0.1) is 0 Å². The topological polar surface area (TPSA) is 79.4 Å². The van der Waals surface area contributed by atoms with Gasteiger partial charge in [0.05, 0.1) is 17.9 Å². The molecule has 2 aliphatic rings. The van der Waals surface area contributed by atoms with Crippen LogP contribution in [0.3, 0.4) is 0 Å². The van der Waals surface area contributed by atoms with Gasteiger partial charge in [-0.25, -0.2) is 9.98 Å². The largest absolute Gasteiger partial charge is 0.474 e. The van der Waals surface area contributed by atoms with Crippen molar-refractivity contribution in [2.24, 2.45) is 4.99 Å². The summed E-state index contributed by atoms with van der Waals surface area (Å²) in [6.45, 7) is 8.87. The number of rotatable bonds is 6. The Morgan fingerprint density at radius 2 is 2.22 bits per heavy atom. The molecule has 0 aliphatic carbocycles. The van der Waals surface area contributed by atoms with Crippen molar-refractivity contribution in [1.82, 2.24) is 24.3 Å². The molecule has 1 aromatic carbocycles. The molecule has 0 saturated carbocycles. The summed E-state index contributed by atoms with van der Waals surface area (Å²) >= 11 is 6.32. The number of methoxy groups -OCH3 is 1. The molecule has 5 rings (SSSR count). The molecule has 1 atom stereocenters. The van der Waals surface area contributed by atoms with E-state index in [1.54, 1.807) is 25.6 Å². The number of hydrogen-bond acceptors (Lipinski definition) is 6. The van der Waals surface area contributed by atoms with Crippen molar-refractivity contribution >= 4 is 17.5 Å². The van der Waals surface area contributed by atoms with Crippen LogP contribution in [-0.4, -0.2) is 50.0 Å². The number of halogens is 1. The first-order valence-corrected chi connectivity index (χ1v) is 10.5. The monoisotopic (exact) mass is 448 g/mol. The second-order valence-electron chi connectivity index (χ2n) is 7.40. The zero-order chi connectivity index (χ0) is 22.2. The Bertz CT molecular complexity index is 1290. The maximum absolute atomic E-state index is 6.32. The minimum absolute atomic E-state index is 0.149. The molecule has 0 bridgehead atoms. The molecule has 32 heavy (non-hydrogen) atoms. The SMILES string of the molecule is C=C/C=C(\C=C)[C@@H]1COC(c2ncn3c2Cn2c(COC)nnc2-c2cc(Cl)ccc2-3)=N1. The van der Waals surface area contributed by atoms with Gasteiger partial charge in [0.25, 0.3) is 0 Å². The molecule has 2 aliphatic heterocycles. The van der Waals surface area contributed by atoms with Crippen LogP contribution in [0.25, 0.3) is 17.1 Å². The number of aliphatic imine (C=N–C) groups is 1. The van der Waals surface area contributed by atoms with E-state index in [2.05, 4.69) is 28.3 Å². The average Bonchev–Trinajstić information content (AvgIpc) is 3.50. The Morgan fingerprint density at radius 3 is 3.00 bits per heavy atom. The Hall–Kier alpha value is -3.49. The highest BCUT2D eigenvalue weighted by Gasteiger charge is 2.31. The fourth-order valence-electron chi connectivity index (χ4n) is 4.02. The van der Waals surface area contributed by atoms with E-state index < -0.39 is 0 Å². The summed E-state index contributed by atoms with van der Waals surface area (Å²) in [6, 6.07) is 5.54. The van der Waals surface area contributed by atoms with Gasteiger partial charge in [0.2, 0.25) is 5.90 Å². The average molecular weight is 449 g/mol. The highest BCUT2D eigenvalue weighted by Crippen LogP contribution is 2.35. The van der Waals surface area contributed by atoms with Gasteiger partial charge in [0.1, 0.15) is 31.3 Å². The zero-order valence-electron chi connectivity index (χ0n) is 17.5. The molecule has 2 aromatic heterocycles. The van der Waals surface area contributed by atoms with Crippen LogP contribution >= 0.6 is 11.6 Å². The van der Waals surface area contributed by atoms with Crippen molar-refractivity contribution in [1.29, 1.82) is 0 Å². The number of fused-ring (bicyclic) bond motifs is 5. The number of aromatic nitrogens is 5. The van der Waals surface area contributed by atoms with Crippen molar-refractivity contribution in [3.05, 3.63) is 83.7 Å². The quantitative estimate of drug-likeness (QED) is 0.420. The first kappa shape index (κ1) is 20.4. The fourth-order valence-corrected chi connectivity index (χ4v) is 4.19. The highest BCUT2D eigenvalue weighted by molar-refractivity contribution is 6.31. The molecule has 0 fully saturated rings. The second kappa shape index (κ2) is 8.22. The van der Waals surface area contributed by atoms with Gasteiger partial charge in [0, 0.05) is 17.7 Å². The van der Waals surface area contributed by atoms with E-state index in [0.29, 0.717) is 42.2 Å². The van der Waals surface area contributed by atoms with E-state index in [-0.39, 0.29) is 6.04 Å². The number of benzene rings is 1. The van der Waals surface area contributed by atoms with Crippen molar-refractivity contribution in [2.75, 3.05) is 13.7 Å². The van der Waals surface area contributed by atoms with Crippen molar-refractivity contribution < 1.29 is 9.47 Å². The van der Waals surface area contributed by atoms with Gasteiger partial charge in [-0.15, -0.1) is 10.2 Å². The molecular weight excluding hydrogens is 428 g/mol. The molecule has 0 N–H and O–H groups in total. The van der Waals surface area contributed by atoms with E-state index in [1.165, 1.54) is 0 Å². The lowest BCUT2D eigenvalue weighted by molar-refractivity contribution is 0.174. The number of hydrogen-bond donors (Lipinski definition) is 0. The van der Waals surface area contributed by atoms with Crippen molar-refractivity contribution in [2.45, 2.75) is 19.2 Å². The lowest BCUT2D eigenvalue weighted by atomic mass is 10.1. The van der Waals surface area contributed by atoms with E-state index in [0.717, 1.165) is 28.3 Å². The smallest absolute Gasteiger partial charge is 0.238 e. The third kappa shape index (κ3) is 3.28. The lowest BCUT2D eigenvalue weighted by Gasteiger charge is -2.09. The van der Waals surface area contributed by atoms with E-state index in [9.17, 15) is 0 Å². The number of ether oxygens (including phenoxy) is 2. The number of nitrogens with zero attached hydrogens (tertiary/aromatic N) is 6. The van der Waals surface area contributed by atoms with Gasteiger partial charge in [-0.3, -0.25) is 4.57 Å². The molecule has 8 nitrogen and oxygen atoms in total. The Morgan fingerprint density at radius 1 is 1.34 bits per heavy atom. The first-order valence-electron chi connectivity index (χ1n) is 10.1. The predicted molar refractivity (Wildman–Crippen MR) is 122 cm³/mol. The van der Waals surface area contributed by atoms with Crippen LogP contribution in [0.2, 0.25) is 5.02 Å². The maximum atomic E-state index is 6.32. The summed E-state index contributed by atoms with van der Waals surface area (Å²) in [5, 5.41) is 9.38. The summed E-state index contributed by atoms with van der Waals surface area (Å²) in [5.74, 6) is 1.93. The van der Waals surface area contributed by atoms with Gasteiger partial charge >= 0.3 is 0 Å². The lowest BCUT2D eigenvalue weighted by Crippen LogP contribution is -2.13. The number of allylic oxidation sites excluding steroid dienone is 2. The summed E-state index contributed by atoms with van der Waals surface area (Å²) in [6.07, 6.45) is 7.17. The van der Waals surface area contributed by atoms with Gasteiger partial charge in [0.15, 0.2) is 11.6 Å². The Kier molecular flexibility index (Phi) is 5.24. The normalized spacial score (nSPS) is 17.0. The molecule has 0 saturated heterocycles. The van der Waals surface area contributed by atoms with Gasteiger partial charge < -0.3 is 14.0 Å². The van der Waals surface area contributed by atoms with Crippen LogP contribution in [0.15, 0.2) is 66.5 Å². The minimum Gasteiger partial charge on any atom is -0.474 e. The van der Waals surface area contributed by atoms with Gasteiger partial charge in [-0.05, 0) is 23.8 Å². The zero-order valence-corrected chi connectivity index (χ0v) is 18.3. The molecule has 9 heteroatoms. The van der Waals surface area contributed by atoms with Crippen LogP contribution < -0.4 is 0 Å². The second-order valence-corrected chi connectivity index (χ2v) is 7.83. The molecule has 0 amide bonds. The summed E-state index contributed by atoms with van der Waals surface area (Å²) in [4.78, 5) is 9.44. The Labute approximate surface area is 190 Å². The van der Waals surface area contributed by atoms with E-state index >= 15 is 0 Å². The predicted octanol–water partition coefficient (Wildman–Crippen LogP) is 3.74. The van der Waals surface area contributed by atoms with E-state index in [1.807, 2.05) is 33.4 Å².